The van der Waals surface area contributed by atoms with Gasteiger partial charge in [-0.2, -0.15) is 4.31 Å². The summed E-state index contributed by atoms with van der Waals surface area (Å²) in [6.07, 6.45) is 1.38. The minimum atomic E-state index is -3.38. The molecule has 0 spiro atoms. The van der Waals surface area contributed by atoms with Gasteiger partial charge in [0.05, 0.1) is 5.69 Å². The van der Waals surface area contributed by atoms with Gasteiger partial charge in [0.2, 0.25) is 16.0 Å². The van der Waals surface area contributed by atoms with Crippen LogP contribution in [-0.4, -0.2) is 54.0 Å². The van der Waals surface area contributed by atoms with Crippen molar-refractivity contribution in [1.29, 1.82) is 0 Å². The molecule has 0 saturated carbocycles. The molecular formula is C14H19N5O3S. The minimum absolute atomic E-state index is 0.135. The molecular weight excluding hydrogens is 318 g/mol. The molecule has 9 heteroatoms. The van der Waals surface area contributed by atoms with E-state index in [4.69, 9.17) is 0 Å². The van der Waals surface area contributed by atoms with Gasteiger partial charge in [0.15, 0.2) is 0 Å². The van der Waals surface area contributed by atoms with Gasteiger partial charge in [0.25, 0.3) is 0 Å². The van der Waals surface area contributed by atoms with Crippen molar-refractivity contribution in [3.8, 4) is 0 Å². The summed E-state index contributed by atoms with van der Waals surface area (Å²) < 4.78 is 31.0. The molecule has 23 heavy (non-hydrogen) atoms. The maximum absolute atomic E-state index is 12.4. The lowest BCUT2D eigenvalue weighted by molar-refractivity contribution is 0.379. The highest BCUT2D eigenvalue weighted by atomic mass is 32.2. The third kappa shape index (κ3) is 3.67. The Morgan fingerprint density at radius 3 is 2.35 bits per heavy atom. The van der Waals surface area contributed by atoms with E-state index < -0.39 is 10.0 Å². The summed E-state index contributed by atoms with van der Waals surface area (Å²) in [6.45, 7) is 5.82. The molecule has 8 nitrogen and oxygen atoms in total. The van der Waals surface area contributed by atoms with Crippen LogP contribution < -0.4 is 4.90 Å². The molecule has 0 amide bonds. The first-order valence-corrected chi connectivity index (χ1v) is 8.99. The smallest absolute Gasteiger partial charge is 0.225 e. The largest absolute Gasteiger partial charge is 0.364 e. The molecule has 3 heterocycles. The summed E-state index contributed by atoms with van der Waals surface area (Å²) in [5, 5.41) is 3.67. The van der Waals surface area contributed by atoms with Crippen molar-refractivity contribution in [2.75, 3.05) is 31.1 Å². The maximum atomic E-state index is 12.4. The van der Waals surface area contributed by atoms with Crippen LogP contribution in [0.4, 0.5) is 5.95 Å². The third-order valence-electron chi connectivity index (χ3n) is 3.71. The molecule has 0 unspecified atom stereocenters. The van der Waals surface area contributed by atoms with Crippen LogP contribution in [0.5, 0.6) is 0 Å². The molecule has 0 aromatic carbocycles. The fraction of sp³-hybridized carbons (Fsp3) is 0.500. The molecule has 1 aliphatic heterocycles. The quantitative estimate of drug-likeness (QED) is 0.812. The Hall–Kier alpha value is -2.00. The van der Waals surface area contributed by atoms with E-state index in [2.05, 4.69) is 19.6 Å². The van der Waals surface area contributed by atoms with Gasteiger partial charge in [-0.25, -0.2) is 18.4 Å². The molecule has 1 fully saturated rings. The van der Waals surface area contributed by atoms with Crippen LogP contribution in [-0.2, 0) is 15.8 Å². The van der Waals surface area contributed by atoms with Crippen molar-refractivity contribution in [3.63, 3.8) is 0 Å². The first-order valence-electron chi connectivity index (χ1n) is 7.38. The molecule has 0 atom stereocenters. The van der Waals surface area contributed by atoms with Gasteiger partial charge >= 0.3 is 0 Å². The van der Waals surface area contributed by atoms with Crippen LogP contribution in [0.25, 0.3) is 0 Å². The van der Waals surface area contributed by atoms with Crippen molar-refractivity contribution in [3.05, 3.63) is 35.5 Å². The Labute approximate surface area is 135 Å². The van der Waals surface area contributed by atoms with E-state index in [1.54, 1.807) is 6.07 Å². The molecule has 1 saturated heterocycles. The van der Waals surface area contributed by atoms with Crippen LogP contribution in [0.15, 0.2) is 22.9 Å². The first kappa shape index (κ1) is 15.9. The van der Waals surface area contributed by atoms with Crippen molar-refractivity contribution < 1.29 is 12.9 Å². The predicted octanol–water partition coefficient (Wildman–Crippen LogP) is 0.733. The zero-order valence-corrected chi connectivity index (χ0v) is 14.0. The van der Waals surface area contributed by atoms with E-state index >= 15 is 0 Å². The molecule has 2 aromatic rings. The second-order valence-electron chi connectivity index (χ2n) is 5.58. The van der Waals surface area contributed by atoms with E-state index in [-0.39, 0.29) is 5.75 Å². The number of piperazine rings is 1. The Morgan fingerprint density at radius 2 is 1.78 bits per heavy atom. The lowest BCUT2D eigenvalue weighted by atomic mass is 10.3. The van der Waals surface area contributed by atoms with Crippen LogP contribution in [0.2, 0.25) is 0 Å². The number of aromatic nitrogens is 3. The van der Waals surface area contributed by atoms with Crippen LogP contribution in [0.1, 0.15) is 17.1 Å². The van der Waals surface area contributed by atoms with Crippen molar-refractivity contribution >= 4 is 16.0 Å². The van der Waals surface area contributed by atoms with E-state index in [9.17, 15) is 8.42 Å². The number of aryl methyl sites for hydroxylation is 2. The normalized spacial score (nSPS) is 16.7. The van der Waals surface area contributed by atoms with E-state index in [1.165, 1.54) is 10.6 Å². The lowest BCUT2D eigenvalue weighted by Gasteiger charge is -2.34. The average Bonchev–Trinajstić information content (AvgIpc) is 2.98. The van der Waals surface area contributed by atoms with Crippen molar-refractivity contribution in [1.82, 2.24) is 19.4 Å². The molecule has 0 N–H and O–H groups in total. The van der Waals surface area contributed by atoms with Crippen molar-refractivity contribution in [2.45, 2.75) is 19.6 Å². The molecule has 0 radical (unpaired) electrons. The van der Waals surface area contributed by atoms with Crippen LogP contribution in [0.3, 0.4) is 0 Å². The SMILES string of the molecule is Cc1cc(C)nc(N2CCN(S(=O)(=O)Cc3ccon3)CC2)n1. The first-order chi connectivity index (χ1) is 10.9. The number of hydrogen-bond acceptors (Lipinski definition) is 7. The summed E-state index contributed by atoms with van der Waals surface area (Å²) in [5.41, 5.74) is 2.24. The molecule has 124 valence electrons. The minimum Gasteiger partial charge on any atom is -0.364 e. The van der Waals surface area contributed by atoms with Gasteiger partial charge in [-0.05, 0) is 19.9 Å². The summed E-state index contributed by atoms with van der Waals surface area (Å²) in [7, 11) is -3.38. The predicted molar refractivity (Wildman–Crippen MR) is 84.4 cm³/mol. The Bertz CT molecular complexity index is 747. The number of nitrogens with zero attached hydrogens (tertiary/aromatic N) is 5. The lowest BCUT2D eigenvalue weighted by Crippen LogP contribution is -2.49. The zero-order valence-electron chi connectivity index (χ0n) is 13.1. The third-order valence-corrected chi connectivity index (χ3v) is 5.52. The Balaban J connectivity index is 1.66. The van der Waals surface area contributed by atoms with Gasteiger partial charge in [-0.1, -0.05) is 5.16 Å². The van der Waals surface area contributed by atoms with Gasteiger partial charge < -0.3 is 9.42 Å². The van der Waals surface area contributed by atoms with Gasteiger partial charge in [-0.3, -0.25) is 0 Å². The number of rotatable bonds is 4. The van der Waals surface area contributed by atoms with Gasteiger partial charge in [0, 0.05) is 43.6 Å². The fourth-order valence-corrected chi connectivity index (χ4v) is 4.03. The Morgan fingerprint density at radius 1 is 1.13 bits per heavy atom. The number of anilines is 1. The topological polar surface area (TPSA) is 92.4 Å². The van der Waals surface area contributed by atoms with Crippen molar-refractivity contribution in [2.24, 2.45) is 0 Å². The molecule has 2 aromatic heterocycles. The molecule has 0 aliphatic carbocycles. The highest BCUT2D eigenvalue weighted by Crippen LogP contribution is 2.16. The van der Waals surface area contributed by atoms with Crippen LogP contribution >= 0.6 is 0 Å². The number of hydrogen-bond donors (Lipinski definition) is 0. The molecule has 0 bridgehead atoms. The van der Waals surface area contributed by atoms with Crippen LogP contribution in [0, 0.1) is 13.8 Å². The zero-order chi connectivity index (χ0) is 16.4. The average molecular weight is 337 g/mol. The highest BCUT2D eigenvalue weighted by molar-refractivity contribution is 7.88. The maximum Gasteiger partial charge on any atom is 0.225 e. The van der Waals surface area contributed by atoms with E-state index in [1.807, 2.05) is 24.8 Å². The number of sulfonamides is 1. The fourth-order valence-electron chi connectivity index (χ4n) is 2.61. The monoisotopic (exact) mass is 337 g/mol. The molecule has 3 rings (SSSR count). The summed E-state index contributed by atoms with van der Waals surface area (Å²) in [5.74, 6) is 0.528. The van der Waals surface area contributed by atoms with E-state index in [0.717, 1.165) is 11.4 Å². The second kappa shape index (κ2) is 6.25. The van der Waals surface area contributed by atoms with Gasteiger partial charge in [-0.15, -0.1) is 0 Å². The summed E-state index contributed by atoms with van der Waals surface area (Å²) >= 11 is 0. The van der Waals surface area contributed by atoms with Gasteiger partial charge in [0.1, 0.15) is 12.0 Å². The van der Waals surface area contributed by atoms with E-state index in [0.29, 0.717) is 37.8 Å². The molecule has 1 aliphatic rings. The standard InChI is InChI=1S/C14H19N5O3S/c1-11-9-12(2)16-14(15-11)18-4-6-19(7-5-18)23(20,21)10-13-3-8-22-17-13/h3,8-9H,4-7,10H2,1-2H3. The summed E-state index contributed by atoms with van der Waals surface area (Å²) in [6, 6.07) is 3.49. The second-order valence-corrected chi connectivity index (χ2v) is 7.55. The summed E-state index contributed by atoms with van der Waals surface area (Å²) in [4.78, 5) is 10.9. The highest BCUT2D eigenvalue weighted by Gasteiger charge is 2.28. The Kier molecular flexibility index (Phi) is 4.31.